The molecule has 0 aliphatic rings. The molecule has 1 heteroatoms. The summed E-state index contributed by atoms with van der Waals surface area (Å²) >= 11 is 0. The highest BCUT2D eigenvalue weighted by molar-refractivity contribution is 4.67. The lowest BCUT2D eigenvalue weighted by Gasteiger charge is -2.23. The van der Waals surface area contributed by atoms with Crippen molar-refractivity contribution in [3.05, 3.63) is 0 Å². The lowest BCUT2D eigenvalue weighted by Crippen LogP contribution is -2.11. The molecule has 80 valence electrons. The smallest absolute Gasteiger partial charge is 0.00519 e. The fourth-order valence-corrected chi connectivity index (χ4v) is 1.88. The van der Waals surface area contributed by atoms with Gasteiger partial charge in [0.2, 0.25) is 0 Å². The van der Waals surface area contributed by atoms with E-state index in [1.807, 2.05) is 7.05 Å². The van der Waals surface area contributed by atoms with Crippen molar-refractivity contribution in [3.8, 4) is 0 Å². The van der Waals surface area contributed by atoms with Crippen LogP contribution in [0.15, 0.2) is 0 Å². The number of hydrogen-bond donors (Lipinski definition) is 1. The second-order valence-electron chi connectivity index (χ2n) is 4.83. The third-order valence-corrected chi connectivity index (χ3v) is 2.71. The summed E-state index contributed by atoms with van der Waals surface area (Å²) in [6.45, 7) is 8.25. The van der Waals surface area contributed by atoms with Crippen LogP contribution < -0.4 is 5.32 Å². The standard InChI is InChI=1S/C12H27N/c1-5-9-12(2,3)10-7-6-8-11-13-4/h13H,5-11H2,1-4H3. The monoisotopic (exact) mass is 185 g/mol. The summed E-state index contributed by atoms with van der Waals surface area (Å²) in [4.78, 5) is 0. The second-order valence-corrected chi connectivity index (χ2v) is 4.83. The van der Waals surface area contributed by atoms with Gasteiger partial charge in [-0.1, -0.05) is 40.0 Å². The molecular weight excluding hydrogens is 158 g/mol. The Balaban J connectivity index is 3.29. The molecule has 0 aromatic heterocycles. The van der Waals surface area contributed by atoms with Crippen LogP contribution in [0.3, 0.4) is 0 Å². The summed E-state index contributed by atoms with van der Waals surface area (Å²) in [6.07, 6.45) is 8.20. The van der Waals surface area contributed by atoms with Crippen LogP contribution in [0.2, 0.25) is 0 Å². The molecular formula is C12H27N. The molecule has 0 unspecified atom stereocenters. The van der Waals surface area contributed by atoms with Gasteiger partial charge in [-0.15, -0.1) is 0 Å². The molecule has 0 saturated heterocycles. The Kier molecular flexibility index (Phi) is 7.35. The first-order valence-electron chi connectivity index (χ1n) is 5.77. The predicted molar refractivity (Wildman–Crippen MR) is 61.1 cm³/mol. The maximum atomic E-state index is 3.19. The predicted octanol–water partition coefficient (Wildman–Crippen LogP) is 3.59. The van der Waals surface area contributed by atoms with Crippen LogP contribution in [0.5, 0.6) is 0 Å². The summed E-state index contributed by atoms with van der Waals surface area (Å²) in [7, 11) is 2.03. The lowest BCUT2D eigenvalue weighted by atomic mass is 9.83. The van der Waals surface area contributed by atoms with Crippen molar-refractivity contribution < 1.29 is 0 Å². The highest BCUT2D eigenvalue weighted by Crippen LogP contribution is 2.28. The van der Waals surface area contributed by atoms with E-state index < -0.39 is 0 Å². The fraction of sp³-hybridized carbons (Fsp3) is 1.00. The molecule has 1 nitrogen and oxygen atoms in total. The van der Waals surface area contributed by atoms with Gasteiger partial charge in [0.25, 0.3) is 0 Å². The van der Waals surface area contributed by atoms with Crippen LogP contribution in [0.25, 0.3) is 0 Å². The molecule has 0 atom stereocenters. The van der Waals surface area contributed by atoms with Gasteiger partial charge >= 0.3 is 0 Å². The van der Waals surface area contributed by atoms with E-state index >= 15 is 0 Å². The molecule has 0 radical (unpaired) electrons. The summed E-state index contributed by atoms with van der Waals surface area (Å²) in [5.41, 5.74) is 0.578. The molecule has 0 heterocycles. The number of unbranched alkanes of at least 4 members (excludes halogenated alkanes) is 2. The average Bonchev–Trinajstić information content (AvgIpc) is 2.04. The van der Waals surface area contributed by atoms with Crippen LogP contribution >= 0.6 is 0 Å². The molecule has 0 fully saturated rings. The Morgan fingerprint density at radius 3 is 2.23 bits per heavy atom. The minimum Gasteiger partial charge on any atom is -0.320 e. The second kappa shape index (κ2) is 7.37. The van der Waals surface area contributed by atoms with E-state index in [1.165, 1.54) is 45.1 Å². The Morgan fingerprint density at radius 1 is 1.00 bits per heavy atom. The maximum absolute atomic E-state index is 3.19. The molecule has 0 rings (SSSR count). The fourth-order valence-electron chi connectivity index (χ4n) is 1.88. The number of hydrogen-bond acceptors (Lipinski definition) is 1. The van der Waals surface area contributed by atoms with Gasteiger partial charge in [-0.05, 0) is 38.3 Å². The molecule has 0 spiro atoms. The van der Waals surface area contributed by atoms with Crippen LogP contribution in [0.4, 0.5) is 0 Å². The van der Waals surface area contributed by atoms with Crippen molar-refractivity contribution in [2.75, 3.05) is 13.6 Å². The average molecular weight is 185 g/mol. The van der Waals surface area contributed by atoms with Gasteiger partial charge in [-0.25, -0.2) is 0 Å². The lowest BCUT2D eigenvalue weighted by molar-refractivity contribution is 0.291. The zero-order valence-corrected chi connectivity index (χ0v) is 9.95. The zero-order chi connectivity index (χ0) is 10.2. The van der Waals surface area contributed by atoms with E-state index in [-0.39, 0.29) is 0 Å². The Hall–Kier alpha value is -0.0400. The highest BCUT2D eigenvalue weighted by atomic mass is 14.8. The van der Waals surface area contributed by atoms with Crippen molar-refractivity contribution in [1.29, 1.82) is 0 Å². The van der Waals surface area contributed by atoms with Gasteiger partial charge < -0.3 is 5.32 Å². The summed E-state index contributed by atoms with van der Waals surface area (Å²) in [6, 6.07) is 0. The highest BCUT2D eigenvalue weighted by Gasteiger charge is 2.15. The minimum atomic E-state index is 0.578. The number of nitrogens with one attached hydrogen (secondary N) is 1. The van der Waals surface area contributed by atoms with Crippen molar-refractivity contribution in [2.24, 2.45) is 5.41 Å². The molecule has 0 bridgehead atoms. The molecule has 0 amide bonds. The van der Waals surface area contributed by atoms with Gasteiger partial charge in [0.1, 0.15) is 0 Å². The van der Waals surface area contributed by atoms with E-state index in [1.54, 1.807) is 0 Å². The largest absolute Gasteiger partial charge is 0.320 e. The van der Waals surface area contributed by atoms with Crippen LogP contribution in [-0.4, -0.2) is 13.6 Å². The van der Waals surface area contributed by atoms with Crippen LogP contribution in [0.1, 0.15) is 59.3 Å². The molecule has 0 aromatic carbocycles. The SMILES string of the molecule is CCCC(C)(C)CCCCCNC. The molecule has 13 heavy (non-hydrogen) atoms. The Bertz CT molecular complexity index is 108. The van der Waals surface area contributed by atoms with Gasteiger partial charge in [0, 0.05) is 0 Å². The van der Waals surface area contributed by atoms with Gasteiger partial charge in [-0.2, -0.15) is 0 Å². The third-order valence-electron chi connectivity index (χ3n) is 2.71. The molecule has 0 aromatic rings. The van der Waals surface area contributed by atoms with Crippen molar-refractivity contribution >= 4 is 0 Å². The third kappa shape index (κ3) is 8.29. The van der Waals surface area contributed by atoms with E-state index in [0.717, 1.165) is 0 Å². The number of rotatable bonds is 8. The van der Waals surface area contributed by atoms with Crippen molar-refractivity contribution in [1.82, 2.24) is 5.32 Å². The summed E-state index contributed by atoms with van der Waals surface area (Å²) in [5.74, 6) is 0. The summed E-state index contributed by atoms with van der Waals surface area (Å²) < 4.78 is 0. The summed E-state index contributed by atoms with van der Waals surface area (Å²) in [5, 5.41) is 3.19. The van der Waals surface area contributed by atoms with E-state index in [2.05, 4.69) is 26.1 Å². The molecule has 1 N–H and O–H groups in total. The van der Waals surface area contributed by atoms with Crippen LogP contribution in [-0.2, 0) is 0 Å². The maximum Gasteiger partial charge on any atom is -0.00519 e. The van der Waals surface area contributed by atoms with E-state index in [9.17, 15) is 0 Å². The normalized spacial score (nSPS) is 12.0. The first-order valence-corrected chi connectivity index (χ1v) is 5.77. The van der Waals surface area contributed by atoms with Gasteiger partial charge in [-0.3, -0.25) is 0 Å². The van der Waals surface area contributed by atoms with E-state index in [4.69, 9.17) is 0 Å². The van der Waals surface area contributed by atoms with Crippen molar-refractivity contribution in [2.45, 2.75) is 59.3 Å². The Morgan fingerprint density at radius 2 is 1.69 bits per heavy atom. The van der Waals surface area contributed by atoms with Crippen LogP contribution in [0, 0.1) is 5.41 Å². The van der Waals surface area contributed by atoms with Gasteiger partial charge in [0.15, 0.2) is 0 Å². The zero-order valence-electron chi connectivity index (χ0n) is 9.95. The molecule has 0 aliphatic heterocycles. The first kappa shape index (κ1) is 13.0. The Labute approximate surface area is 84.3 Å². The van der Waals surface area contributed by atoms with E-state index in [0.29, 0.717) is 5.41 Å². The minimum absolute atomic E-state index is 0.578. The molecule has 0 aliphatic carbocycles. The first-order chi connectivity index (χ1) is 6.12. The topological polar surface area (TPSA) is 12.0 Å². The van der Waals surface area contributed by atoms with Crippen molar-refractivity contribution in [3.63, 3.8) is 0 Å². The quantitative estimate of drug-likeness (QED) is 0.570. The molecule has 0 saturated carbocycles. The van der Waals surface area contributed by atoms with Gasteiger partial charge in [0.05, 0.1) is 0 Å².